The maximum absolute atomic E-state index is 11.1. The fraction of sp³-hybridized carbons (Fsp3) is 0.222. The number of hydrogen-bond acceptors (Lipinski definition) is 3. The maximum Gasteiger partial charge on any atom is 0.322 e. The first-order valence-electron chi connectivity index (χ1n) is 4.16. The van der Waals surface area contributed by atoms with E-state index >= 15 is 0 Å². The van der Waals surface area contributed by atoms with Gasteiger partial charge in [-0.25, -0.2) is 0 Å². The number of hydrogen-bond donors (Lipinski definition) is 4. The average Bonchev–Trinajstić information content (AvgIpc) is 2.16. The molecule has 0 spiro atoms. The lowest BCUT2D eigenvalue weighted by Crippen LogP contribution is -2.51. The summed E-state index contributed by atoms with van der Waals surface area (Å²) in [5.41, 5.74) is 8.47. The monoisotopic (exact) mass is 209 g/mol. The minimum atomic E-state index is -1.85. The van der Waals surface area contributed by atoms with Crippen LogP contribution >= 0.6 is 0 Å². The zero-order valence-corrected chi connectivity index (χ0v) is 7.81. The predicted molar refractivity (Wildman–Crippen MR) is 52.9 cm³/mol. The molecule has 1 amide bonds. The molecule has 6 N–H and O–H groups in total. The van der Waals surface area contributed by atoms with Crippen LogP contribution in [0.2, 0.25) is 0 Å². The molecule has 0 radical (unpaired) electrons. The summed E-state index contributed by atoms with van der Waals surface area (Å²) in [6.45, 7) is 0. The van der Waals surface area contributed by atoms with Crippen LogP contribution in [0.3, 0.4) is 0 Å². The number of aliphatic carboxylic acids is 1. The van der Waals surface area contributed by atoms with Crippen LogP contribution in [-0.2, 0) is 9.59 Å². The van der Waals surface area contributed by atoms with E-state index in [9.17, 15) is 9.59 Å². The van der Waals surface area contributed by atoms with Gasteiger partial charge in [0.25, 0.3) is 0 Å². The van der Waals surface area contributed by atoms with Crippen LogP contribution in [0.15, 0.2) is 24.3 Å². The van der Waals surface area contributed by atoms with E-state index in [0.29, 0.717) is 0 Å². The Morgan fingerprint density at radius 3 is 2.27 bits per heavy atom. The van der Waals surface area contributed by atoms with Crippen LogP contribution in [0.5, 0.6) is 0 Å². The van der Waals surface area contributed by atoms with Crippen molar-refractivity contribution < 1.29 is 14.7 Å². The predicted octanol–water partition coefficient (Wildman–Crippen LogP) is -0.779. The Morgan fingerprint density at radius 2 is 1.93 bits per heavy atom. The zero-order valence-electron chi connectivity index (χ0n) is 7.81. The molecule has 2 atom stereocenters. The largest absolute Gasteiger partial charge is 0.480 e. The van der Waals surface area contributed by atoms with Gasteiger partial charge in [-0.2, -0.15) is 0 Å². The number of nitrogens with one attached hydrogen (secondary N) is 1. The maximum atomic E-state index is 11.1. The summed E-state index contributed by atoms with van der Waals surface area (Å²) in [6, 6.07) is 0. The number of carbonyl (C=O) groups is 2. The first-order chi connectivity index (χ1) is 6.93. The fourth-order valence-electron chi connectivity index (χ4n) is 1.53. The highest BCUT2D eigenvalue weighted by Crippen LogP contribution is 2.33. The van der Waals surface area contributed by atoms with Crippen molar-refractivity contribution in [3.8, 4) is 0 Å². The molecule has 2 unspecified atom stereocenters. The molecule has 0 saturated heterocycles. The Labute approximate surface area is 85.8 Å². The van der Waals surface area contributed by atoms with Gasteiger partial charge in [-0.3, -0.25) is 15.0 Å². The van der Waals surface area contributed by atoms with Crippen molar-refractivity contribution in [2.75, 3.05) is 0 Å². The van der Waals surface area contributed by atoms with Crippen molar-refractivity contribution in [1.82, 2.24) is 0 Å². The Hall–Kier alpha value is -2.11. The highest BCUT2D eigenvalue weighted by atomic mass is 16.4. The number of carboxylic acid groups (broad SMARTS) is 1. The van der Waals surface area contributed by atoms with Crippen LogP contribution in [0.1, 0.15) is 0 Å². The molecular formula is C9H11N3O3. The summed E-state index contributed by atoms with van der Waals surface area (Å²) in [7, 11) is 0. The van der Waals surface area contributed by atoms with Gasteiger partial charge >= 0.3 is 5.97 Å². The van der Waals surface area contributed by atoms with Crippen molar-refractivity contribution >= 4 is 17.7 Å². The molecule has 80 valence electrons. The number of carbonyl (C=O) groups excluding carboxylic acids is 1. The van der Waals surface area contributed by atoms with Crippen molar-refractivity contribution in [2.24, 2.45) is 22.8 Å². The first kappa shape index (κ1) is 11.0. The molecule has 0 aromatic heterocycles. The minimum Gasteiger partial charge on any atom is -0.480 e. The lowest BCUT2D eigenvalue weighted by Gasteiger charge is -2.31. The number of allylic oxidation sites excluding steroid dienone is 2. The summed E-state index contributed by atoms with van der Waals surface area (Å²) in [5.74, 6) is -3.93. The molecule has 15 heavy (non-hydrogen) atoms. The molecule has 1 rings (SSSR count). The number of rotatable bonds is 3. The van der Waals surface area contributed by atoms with E-state index in [1.54, 1.807) is 0 Å². The molecule has 6 nitrogen and oxygen atoms in total. The van der Waals surface area contributed by atoms with Crippen LogP contribution < -0.4 is 11.5 Å². The Balaban J connectivity index is 3.32. The molecule has 0 bridgehead atoms. The van der Waals surface area contributed by atoms with Crippen molar-refractivity contribution in [3.63, 3.8) is 0 Å². The third-order valence-corrected chi connectivity index (χ3v) is 2.37. The quantitative estimate of drug-likeness (QED) is 0.358. The number of amidine groups is 1. The van der Waals surface area contributed by atoms with Gasteiger partial charge in [0.15, 0.2) is 5.41 Å². The second-order valence-corrected chi connectivity index (χ2v) is 3.21. The molecule has 0 aromatic carbocycles. The molecule has 1 aliphatic rings. The Morgan fingerprint density at radius 1 is 1.33 bits per heavy atom. The standard InChI is InChI=1S/C9H11N3O3/c10-6(13)5-3-1-2-4-9(5,7(11)12)8(14)15/h1-5H,(H2,10,13)(H3,11,12)(H,14,15). The van der Waals surface area contributed by atoms with Gasteiger partial charge in [0.2, 0.25) is 5.91 Å². The number of nitrogens with two attached hydrogens (primary N) is 2. The highest BCUT2D eigenvalue weighted by molar-refractivity contribution is 6.09. The molecule has 1 aliphatic carbocycles. The third-order valence-electron chi connectivity index (χ3n) is 2.37. The van der Waals surface area contributed by atoms with Crippen LogP contribution in [0, 0.1) is 16.7 Å². The molecule has 0 heterocycles. The average molecular weight is 209 g/mol. The fourth-order valence-corrected chi connectivity index (χ4v) is 1.53. The molecule has 0 aliphatic heterocycles. The molecular weight excluding hydrogens is 198 g/mol. The van der Waals surface area contributed by atoms with Gasteiger partial charge in [-0.1, -0.05) is 24.3 Å². The van der Waals surface area contributed by atoms with E-state index in [1.807, 2.05) is 0 Å². The minimum absolute atomic E-state index is 0.612. The summed E-state index contributed by atoms with van der Waals surface area (Å²) >= 11 is 0. The first-order valence-corrected chi connectivity index (χ1v) is 4.16. The second-order valence-electron chi connectivity index (χ2n) is 3.21. The van der Waals surface area contributed by atoms with Gasteiger partial charge in [0.05, 0.1) is 5.92 Å². The van der Waals surface area contributed by atoms with Crippen molar-refractivity contribution in [1.29, 1.82) is 5.41 Å². The normalized spacial score (nSPS) is 28.7. The number of carboxylic acids is 1. The third kappa shape index (κ3) is 1.50. The Bertz CT molecular complexity index is 370. The van der Waals surface area contributed by atoms with E-state index in [1.165, 1.54) is 24.3 Å². The lowest BCUT2D eigenvalue weighted by atomic mass is 9.71. The van der Waals surface area contributed by atoms with Crippen LogP contribution in [-0.4, -0.2) is 22.8 Å². The number of amides is 1. The van der Waals surface area contributed by atoms with Gasteiger partial charge in [0, 0.05) is 0 Å². The van der Waals surface area contributed by atoms with Gasteiger partial charge in [-0.05, 0) is 0 Å². The smallest absolute Gasteiger partial charge is 0.322 e. The highest BCUT2D eigenvalue weighted by Gasteiger charge is 2.49. The molecule has 6 heteroatoms. The molecule has 0 saturated carbocycles. The van der Waals surface area contributed by atoms with Crippen molar-refractivity contribution in [3.05, 3.63) is 24.3 Å². The van der Waals surface area contributed by atoms with Gasteiger partial charge in [-0.15, -0.1) is 0 Å². The molecule has 0 aromatic rings. The van der Waals surface area contributed by atoms with Crippen LogP contribution in [0.4, 0.5) is 0 Å². The summed E-state index contributed by atoms with van der Waals surface area (Å²) in [6.07, 6.45) is 5.46. The van der Waals surface area contributed by atoms with Crippen LogP contribution in [0.25, 0.3) is 0 Å². The summed E-state index contributed by atoms with van der Waals surface area (Å²) < 4.78 is 0. The lowest BCUT2D eigenvalue weighted by molar-refractivity contribution is -0.146. The topological polar surface area (TPSA) is 130 Å². The van der Waals surface area contributed by atoms with Gasteiger partial charge < -0.3 is 16.6 Å². The summed E-state index contributed by atoms with van der Waals surface area (Å²) in [5, 5.41) is 16.4. The Kier molecular flexibility index (Phi) is 2.61. The second kappa shape index (κ2) is 3.56. The van der Waals surface area contributed by atoms with E-state index in [0.717, 1.165) is 0 Å². The molecule has 0 fully saturated rings. The van der Waals surface area contributed by atoms with E-state index in [4.69, 9.17) is 22.0 Å². The van der Waals surface area contributed by atoms with E-state index in [-0.39, 0.29) is 0 Å². The van der Waals surface area contributed by atoms with E-state index in [2.05, 4.69) is 0 Å². The van der Waals surface area contributed by atoms with Gasteiger partial charge in [0.1, 0.15) is 5.84 Å². The zero-order chi connectivity index (χ0) is 11.6. The SMILES string of the molecule is N=C(N)C1(C(=O)O)C=CC=CC1C(N)=O. The van der Waals surface area contributed by atoms with E-state index < -0.39 is 29.0 Å². The number of primary amides is 1. The summed E-state index contributed by atoms with van der Waals surface area (Å²) in [4.78, 5) is 22.2. The van der Waals surface area contributed by atoms with Crippen molar-refractivity contribution in [2.45, 2.75) is 0 Å².